The third kappa shape index (κ3) is 2.94. The van der Waals surface area contributed by atoms with Crippen LogP contribution in [0.25, 0.3) is 10.9 Å². The van der Waals surface area contributed by atoms with E-state index in [0.717, 1.165) is 10.7 Å². The van der Waals surface area contributed by atoms with Crippen LogP contribution in [0.5, 0.6) is 5.75 Å². The number of aromatic nitrogens is 3. The first-order valence-corrected chi connectivity index (χ1v) is 6.93. The Hall–Kier alpha value is -3.29. The van der Waals surface area contributed by atoms with Gasteiger partial charge >= 0.3 is 5.97 Å². The first-order chi connectivity index (χ1) is 11.6. The van der Waals surface area contributed by atoms with Crippen LogP contribution in [0.2, 0.25) is 0 Å². The standard InChI is InChI=1S/C16H12FN3O4/c1-23-10-6-7-11(13(17)8-10)16(22)24-9-20-15(21)12-4-2-3-5-14(12)18-19-20/h2-8H,9H2,1H3. The summed E-state index contributed by atoms with van der Waals surface area (Å²) < 4.78 is 24.5. The number of rotatable bonds is 4. The quantitative estimate of drug-likeness (QED) is 0.678. The Morgan fingerprint density at radius 2 is 2.04 bits per heavy atom. The molecule has 0 amide bonds. The van der Waals surface area contributed by atoms with Gasteiger partial charge in [0.2, 0.25) is 0 Å². The number of fused-ring (bicyclic) bond motifs is 1. The molecule has 3 rings (SSSR count). The topological polar surface area (TPSA) is 83.3 Å². The number of esters is 1. The van der Waals surface area contributed by atoms with Crippen molar-refractivity contribution < 1.29 is 18.7 Å². The van der Waals surface area contributed by atoms with Crippen molar-refractivity contribution in [2.24, 2.45) is 0 Å². The highest BCUT2D eigenvalue weighted by molar-refractivity contribution is 5.89. The summed E-state index contributed by atoms with van der Waals surface area (Å²) in [6.07, 6.45) is 0. The lowest BCUT2D eigenvalue weighted by Crippen LogP contribution is -2.26. The Morgan fingerprint density at radius 3 is 2.79 bits per heavy atom. The van der Waals surface area contributed by atoms with Crippen LogP contribution in [0.3, 0.4) is 0 Å². The van der Waals surface area contributed by atoms with Crippen molar-refractivity contribution in [1.29, 1.82) is 0 Å². The molecule has 0 unspecified atom stereocenters. The highest BCUT2D eigenvalue weighted by Crippen LogP contribution is 2.17. The number of halogens is 1. The van der Waals surface area contributed by atoms with Gasteiger partial charge in [0.05, 0.1) is 18.1 Å². The molecule has 1 aromatic heterocycles. The highest BCUT2D eigenvalue weighted by Gasteiger charge is 2.15. The molecule has 0 bridgehead atoms. The van der Waals surface area contributed by atoms with Gasteiger partial charge in [-0.1, -0.05) is 17.3 Å². The fourth-order valence-electron chi connectivity index (χ4n) is 2.09. The fraction of sp³-hybridized carbons (Fsp3) is 0.125. The van der Waals surface area contributed by atoms with Crippen LogP contribution < -0.4 is 10.3 Å². The number of benzene rings is 2. The van der Waals surface area contributed by atoms with Gasteiger partial charge in [0.15, 0.2) is 6.73 Å². The van der Waals surface area contributed by atoms with Crippen molar-refractivity contribution in [1.82, 2.24) is 15.0 Å². The lowest BCUT2D eigenvalue weighted by Gasteiger charge is -2.08. The molecule has 8 heteroatoms. The lowest BCUT2D eigenvalue weighted by molar-refractivity contribution is 0.0331. The van der Waals surface area contributed by atoms with Crippen LogP contribution >= 0.6 is 0 Å². The number of hydrogen-bond acceptors (Lipinski definition) is 6. The van der Waals surface area contributed by atoms with E-state index in [9.17, 15) is 14.0 Å². The van der Waals surface area contributed by atoms with Crippen LogP contribution in [-0.2, 0) is 11.5 Å². The SMILES string of the molecule is COc1ccc(C(=O)OCn2nnc3ccccc3c2=O)c(F)c1. The minimum absolute atomic E-state index is 0.266. The minimum Gasteiger partial charge on any atom is -0.497 e. The van der Waals surface area contributed by atoms with Gasteiger partial charge in [0.25, 0.3) is 5.56 Å². The Labute approximate surface area is 135 Å². The summed E-state index contributed by atoms with van der Waals surface area (Å²) in [7, 11) is 1.39. The summed E-state index contributed by atoms with van der Waals surface area (Å²) in [6.45, 7) is -0.471. The molecule has 0 aliphatic heterocycles. The lowest BCUT2D eigenvalue weighted by atomic mass is 10.2. The minimum atomic E-state index is -0.919. The average Bonchev–Trinajstić information content (AvgIpc) is 2.61. The van der Waals surface area contributed by atoms with Crippen LogP contribution in [0.4, 0.5) is 4.39 Å². The zero-order valence-corrected chi connectivity index (χ0v) is 12.6. The van der Waals surface area contributed by atoms with Gasteiger partial charge in [0, 0.05) is 6.07 Å². The van der Waals surface area contributed by atoms with Gasteiger partial charge in [0.1, 0.15) is 17.1 Å². The second-order valence-corrected chi connectivity index (χ2v) is 4.82. The molecule has 0 atom stereocenters. The normalized spacial score (nSPS) is 10.6. The Balaban J connectivity index is 1.80. The molecular formula is C16H12FN3O4. The molecule has 2 aromatic carbocycles. The fourth-order valence-corrected chi connectivity index (χ4v) is 2.09. The summed E-state index contributed by atoms with van der Waals surface area (Å²) in [4.78, 5) is 24.2. The van der Waals surface area contributed by atoms with Crippen LogP contribution in [0, 0.1) is 5.82 Å². The summed E-state index contributed by atoms with van der Waals surface area (Å²) in [5, 5.41) is 7.90. The van der Waals surface area contributed by atoms with E-state index < -0.39 is 24.1 Å². The first kappa shape index (κ1) is 15.6. The van der Waals surface area contributed by atoms with Gasteiger partial charge in [-0.2, -0.15) is 4.68 Å². The Morgan fingerprint density at radius 1 is 1.25 bits per heavy atom. The third-order valence-corrected chi connectivity index (χ3v) is 3.34. The second-order valence-electron chi connectivity index (χ2n) is 4.82. The number of ether oxygens (including phenoxy) is 2. The predicted molar refractivity (Wildman–Crippen MR) is 82.2 cm³/mol. The van der Waals surface area contributed by atoms with E-state index in [1.165, 1.54) is 19.2 Å². The van der Waals surface area contributed by atoms with Crippen LogP contribution in [-0.4, -0.2) is 28.1 Å². The van der Waals surface area contributed by atoms with Crippen molar-refractivity contribution in [2.75, 3.05) is 7.11 Å². The van der Waals surface area contributed by atoms with Gasteiger partial charge < -0.3 is 9.47 Å². The van der Waals surface area contributed by atoms with E-state index in [-0.39, 0.29) is 11.3 Å². The number of methoxy groups -OCH3 is 1. The number of nitrogens with zero attached hydrogens (tertiary/aromatic N) is 3. The summed E-state index contributed by atoms with van der Waals surface area (Å²) in [6, 6.07) is 10.4. The van der Waals surface area contributed by atoms with Gasteiger partial charge in [-0.15, -0.1) is 5.10 Å². The smallest absolute Gasteiger partial charge is 0.342 e. The van der Waals surface area contributed by atoms with Crippen molar-refractivity contribution >= 4 is 16.9 Å². The summed E-state index contributed by atoms with van der Waals surface area (Å²) >= 11 is 0. The van der Waals surface area contributed by atoms with E-state index in [4.69, 9.17) is 9.47 Å². The van der Waals surface area contributed by atoms with Crippen molar-refractivity contribution in [3.63, 3.8) is 0 Å². The summed E-state index contributed by atoms with van der Waals surface area (Å²) in [5.74, 6) is -1.42. The predicted octanol–water partition coefficient (Wildman–Crippen LogP) is 1.75. The maximum atomic E-state index is 13.8. The molecule has 0 saturated carbocycles. The van der Waals surface area contributed by atoms with E-state index in [1.54, 1.807) is 24.3 Å². The maximum absolute atomic E-state index is 13.8. The molecule has 0 N–H and O–H groups in total. The average molecular weight is 329 g/mol. The molecule has 0 radical (unpaired) electrons. The first-order valence-electron chi connectivity index (χ1n) is 6.93. The number of carbonyl (C=O) groups excluding carboxylic acids is 1. The zero-order chi connectivity index (χ0) is 17.1. The second kappa shape index (κ2) is 6.45. The molecule has 122 valence electrons. The molecule has 7 nitrogen and oxygen atoms in total. The van der Waals surface area contributed by atoms with Gasteiger partial charge in [-0.3, -0.25) is 4.79 Å². The molecular weight excluding hydrogens is 317 g/mol. The van der Waals surface area contributed by atoms with Crippen molar-refractivity contribution in [2.45, 2.75) is 6.73 Å². The third-order valence-electron chi connectivity index (χ3n) is 3.34. The number of hydrogen-bond donors (Lipinski definition) is 0. The highest BCUT2D eigenvalue weighted by atomic mass is 19.1. The summed E-state index contributed by atoms with van der Waals surface area (Å²) in [5.41, 5.74) is -0.285. The maximum Gasteiger partial charge on any atom is 0.342 e. The molecule has 24 heavy (non-hydrogen) atoms. The van der Waals surface area contributed by atoms with Crippen LogP contribution in [0.1, 0.15) is 10.4 Å². The zero-order valence-electron chi connectivity index (χ0n) is 12.6. The molecule has 0 saturated heterocycles. The monoisotopic (exact) mass is 329 g/mol. The van der Waals surface area contributed by atoms with Gasteiger partial charge in [-0.05, 0) is 24.3 Å². The van der Waals surface area contributed by atoms with E-state index >= 15 is 0 Å². The van der Waals surface area contributed by atoms with Crippen molar-refractivity contribution in [3.05, 3.63) is 64.2 Å². The van der Waals surface area contributed by atoms with E-state index in [2.05, 4.69) is 10.3 Å². The Kier molecular flexibility index (Phi) is 4.19. The van der Waals surface area contributed by atoms with Gasteiger partial charge in [-0.25, -0.2) is 9.18 Å². The molecule has 3 aromatic rings. The van der Waals surface area contributed by atoms with E-state index in [0.29, 0.717) is 10.9 Å². The molecule has 0 spiro atoms. The van der Waals surface area contributed by atoms with E-state index in [1.807, 2.05) is 0 Å². The van der Waals surface area contributed by atoms with Crippen molar-refractivity contribution in [3.8, 4) is 5.75 Å². The van der Waals surface area contributed by atoms with Crippen LogP contribution in [0.15, 0.2) is 47.3 Å². The molecule has 0 fully saturated rings. The Bertz CT molecular complexity index is 971. The molecule has 0 aliphatic rings. The number of carbonyl (C=O) groups is 1. The molecule has 1 heterocycles. The molecule has 0 aliphatic carbocycles. The largest absolute Gasteiger partial charge is 0.497 e.